The average molecular weight is 253 g/mol. The zero-order chi connectivity index (χ0) is 12.3. The Labute approximate surface area is 105 Å². The van der Waals surface area contributed by atoms with Crippen molar-refractivity contribution in [3.63, 3.8) is 0 Å². The van der Waals surface area contributed by atoms with Gasteiger partial charge in [0.05, 0.1) is 18.3 Å². The molecule has 0 unspecified atom stereocenters. The van der Waals surface area contributed by atoms with E-state index in [2.05, 4.69) is 10.3 Å². The third-order valence-electron chi connectivity index (χ3n) is 2.36. The van der Waals surface area contributed by atoms with Gasteiger partial charge >= 0.3 is 0 Å². The smallest absolute Gasteiger partial charge is 0.294 e. The largest absolute Gasteiger partial charge is 0.495 e. The van der Waals surface area contributed by atoms with Crippen molar-refractivity contribution in [1.29, 1.82) is 0 Å². The van der Waals surface area contributed by atoms with E-state index in [-0.39, 0.29) is 0 Å². The number of oxazole rings is 1. The Bertz CT molecular complexity index is 511. The van der Waals surface area contributed by atoms with Crippen LogP contribution in [0.25, 0.3) is 0 Å². The molecule has 1 heterocycles. The zero-order valence-corrected chi connectivity index (χ0v) is 10.4. The quantitative estimate of drug-likeness (QED) is 0.909. The average Bonchev–Trinajstić information content (AvgIpc) is 2.77. The topological polar surface area (TPSA) is 47.3 Å². The fraction of sp³-hybridized carbons (Fsp3) is 0.250. The molecule has 0 atom stereocenters. The van der Waals surface area contributed by atoms with E-state index in [1.807, 2.05) is 18.2 Å². The summed E-state index contributed by atoms with van der Waals surface area (Å²) in [5.41, 5.74) is 1.05. The van der Waals surface area contributed by atoms with Crippen molar-refractivity contribution in [2.24, 2.45) is 0 Å². The minimum Gasteiger partial charge on any atom is -0.495 e. The van der Waals surface area contributed by atoms with E-state index in [9.17, 15) is 0 Å². The number of nitrogens with zero attached hydrogens (tertiary/aromatic N) is 1. The van der Waals surface area contributed by atoms with Crippen molar-refractivity contribution in [2.75, 3.05) is 19.5 Å². The summed E-state index contributed by atoms with van der Waals surface area (Å²) in [5, 5.41) is 3.43. The molecule has 90 valence electrons. The van der Waals surface area contributed by atoms with Crippen molar-refractivity contribution >= 4 is 17.6 Å². The number of hydrogen-bond acceptors (Lipinski definition) is 4. The summed E-state index contributed by atoms with van der Waals surface area (Å²) in [4.78, 5) is 4.05. The molecule has 1 N–H and O–H groups in total. The van der Waals surface area contributed by atoms with E-state index in [1.54, 1.807) is 20.4 Å². The summed E-state index contributed by atoms with van der Waals surface area (Å²) < 4.78 is 10.5. The molecule has 2 rings (SSSR count). The van der Waals surface area contributed by atoms with Gasteiger partial charge in [-0.3, -0.25) is 0 Å². The van der Waals surface area contributed by atoms with Crippen LogP contribution in [-0.4, -0.2) is 19.1 Å². The normalized spacial score (nSPS) is 10.3. The molecule has 1 aromatic carbocycles. The van der Waals surface area contributed by atoms with Crippen molar-refractivity contribution in [2.45, 2.75) is 6.42 Å². The molecule has 0 bridgehead atoms. The fourth-order valence-electron chi connectivity index (χ4n) is 1.53. The van der Waals surface area contributed by atoms with E-state index in [1.165, 1.54) is 0 Å². The van der Waals surface area contributed by atoms with Crippen LogP contribution in [-0.2, 0) is 6.42 Å². The molecule has 0 spiro atoms. The summed E-state index contributed by atoms with van der Waals surface area (Å²) >= 11 is 6.04. The van der Waals surface area contributed by atoms with E-state index in [0.717, 1.165) is 11.3 Å². The number of halogens is 1. The van der Waals surface area contributed by atoms with E-state index in [0.29, 0.717) is 23.2 Å². The van der Waals surface area contributed by atoms with Gasteiger partial charge in [0, 0.05) is 13.5 Å². The lowest BCUT2D eigenvalue weighted by atomic mass is 10.1. The van der Waals surface area contributed by atoms with Crippen molar-refractivity contribution in [3.8, 4) is 5.75 Å². The Hall–Kier alpha value is -1.68. The molecular weight excluding hydrogens is 240 g/mol. The van der Waals surface area contributed by atoms with Gasteiger partial charge in [-0.05, 0) is 17.7 Å². The maximum atomic E-state index is 6.04. The number of methoxy groups -OCH3 is 1. The third kappa shape index (κ3) is 2.71. The molecule has 0 amide bonds. The molecule has 0 aliphatic heterocycles. The molecule has 0 saturated carbocycles. The Morgan fingerprint density at radius 1 is 1.47 bits per heavy atom. The van der Waals surface area contributed by atoms with Gasteiger partial charge in [0.2, 0.25) is 0 Å². The first-order valence-electron chi connectivity index (χ1n) is 5.18. The van der Waals surface area contributed by atoms with Crippen molar-refractivity contribution < 1.29 is 9.15 Å². The molecule has 0 aliphatic carbocycles. The number of aromatic nitrogens is 1. The van der Waals surface area contributed by atoms with Gasteiger partial charge in [-0.15, -0.1) is 0 Å². The second-order valence-corrected chi connectivity index (χ2v) is 3.93. The lowest BCUT2D eigenvalue weighted by molar-refractivity contribution is 0.415. The Morgan fingerprint density at radius 2 is 2.29 bits per heavy atom. The molecule has 5 heteroatoms. The highest BCUT2D eigenvalue weighted by Gasteiger charge is 2.06. The zero-order valence-electron chi connectivity index (χ0n) is 9.66. The molecule has 0 fully saturated rings. The fourth-order valence-corrected chi connectivity index (χ4v) is 1.81. The number of anilines is 1. The number of ether oxygens (including phenoxy) is 1. The van der Waals surface area contributed by atoms with Crippen LogP contribution in [0.15, 0.2) is 28.8 Å². The Kier molecular flexibility index (Phi) is 3.54. The Morgan fingerprint density at radius 3 is 2.88 bits per heavy atom. The predicted octanol–water partition coefficient (Wildman–Crippen LogP) is 2.97. The van der Waals surface area contributed by atoms with Crippen LogP contribution in [0.4, 0.5) is 6.01 Å². The van der Waals surface area contributed by atoms with Crippen molar-refractivity contribution in [3.05, 3.63) is 40.7 Å². The van der Waals surface area contributed by atoms with Crippen LogP contribution >= 0.6 is 11.6 Å². The van der Waals surface area contributed by atoms with Crippen LogP contribution in [0.1, 0.15) is 11.3 Å². The number of hydrogen-bond donors (Lipinski definition) is 1. The van der Waals surface area contributed by atoms with Crippen LogP contribution in [0.2, 0.25) is 5.02 Å². The van der Waals surface area contributed by atoms with Gasteiger partial charge in [0.1, 0.15) is 11.5 Å². The molecule has 0 radical (unpaired) electrons. The van der Waals surface area contributed by atoms with E-state index >= 15 is 0 Å². The van der Waals surface area contributed by atoms with Gasteiger partial charge in [-0.25, -0.2) is 4.98 Å². The maximum Gasteiger partial charge on any atom is 0.294 e. The number of rotatable bonds is 4. The molecular formula is C12H13ClN2O2. The van der Waals surface area contributed by atoms with Crippen LogP contribution in [0.5, 0.6) is 5.75 Å². The summed E-state index contributed by atoms with van der Waals surface area (Å²) in [6.45, 7) is 0. The third-order valence-corrected chi connectivity index (χ3v) is 2.66. The highest BCUT2D eigenvalue weighted by atomic mass is 35.5. The molecule has 17 heavy (non-hydrogen) atoms. The number of benzene rings is 1. The van der Waals surface area contributed by atoms with Gasteiger partial charge in [0.15, 0.2) is 0 Å². The minimum absolute atomic E-state index is 0.514. The monoisotopic (exact) mass is 252 g/mol. The lowest BCUT2D eigenvalue weighted by Crippen LogP contribution is -1.89. The van der Waals surface area contributed by atoms with Crippen LogP contribution in [0.3, 0.4) is 0 Å². The SMILES string of the molecule is CNc1ncc(Cc2ccc(OC)c(Cl)c2)o1. The second kappa shape index (κ2) is 5.10. The standard InChI is InChI=1S/C12H13ClN2O2/c1-14-12-15-7-9(17-12)5-8-3-4-11(16-2)10(13)6-8/h3-4,6-7H,5H2,1-2H3,(H,14,15). The van der Waals surface area contributed by atoms with E-state index in [4.69, 9.17) is 20.8 Å². The van der Waals surface area contributed by atoms with Gasteiger partial charge in [0.25, 0.3) is 6.01 Å². The molecule has 0 aliphatic rings. The maximum absolute atomic E-state index is 6.04. The van der Waals surface area contributed by atoms with Gasteiger partial charge < -0.3 is 14.5 Å². The summed E-state index contributed by atoms with van der Waals surface area (Å²) in [6.07, 6.45) is 2.35. The van der Waals surface area contributed by atoms with Crippen LogP contribution in [0, 0.1) is 0 Å². The summed E-state index contributed by atoms with van der Waals surface area (Å²) in [5.74, 6) is 1.46. The minimum atomic E-state index is 0.514. The summed E-state index contributed by atoms with van der Waals surface area (Å²) in [7, 11) is 3.36. The first-order chi connectivity index (χ1) is 8.22. The molecule has 1 aromatic heterocycles. The second-order valence-electron chi connectivity index (χ2n) is 3.53. The highest BCUT2D eigenvalue weighted by molar-refractivity contribution is 6.32. The Balaban J connectivity index is 2.15. The van der Waals surface area contributed by atoms with Crippen molar-refractivity contribution in [1.82, 2.24) is 4.98 Å². The number of nitrogens with one attached hydrogen (secondary N) is 1. The first-order valence-corrected chi connectivity index (χ1v) is 5.55. The summed E-state index contributed by atoms with van der Waals surface area (Å²) in [6, 6.07) is 6.17. The van der Waals surface area contributed by atoms with Gasteiger partial charge in [-0.1, -0.05) is 17.7 Å². The molecule has 2 aromatic rings. The molecule has 0 saturated heterocycles. The van der Waals surface area contributed by atoms with E-state index < -0.39 is 0 Å². The van der Waals surface area contributed by atoms with Crippen LogP contribution < -0.4 is 10.1 Å². The predicted molar refractivity (Wildman–Crippen MR) is 66.9 cm³/mol. The van der Waals surface area contributed by atoms with Gasteiger partial charge in [-0.2, -0.15) is 0 Å². The highest BCUT2D eigenvalue weighted by Crippen LogP contribution is 2.26. The first kappa shape index (κ1) is 11.8. The lowest BCUT2D eigenvalue weighted by Gasteiger charge is -2.04. The molecule has 4 nitrogen and oxygen atoms in total.